The summed E-state index contributed by atoms with van der Waals surface area (Å²) < 4.78 is 28.5. The predicted molar refractivity (Wildman–Crippen MR) is 108 cm³/mol. The van der Waals surface area contributed by atoms with Gasteiger partial charge in [0.15, 0.2) is 0 Å². The van der Waals surface area contributed by atoms with Crippen LogP contribution in [0.3, 0.4) is 0 Å². The smallest absolute Gasteiger partial charge is 0.262 e. The molecule has 0 unspecified atom stereocenters. The number of thiophene rings is 1. The molecule has 1 aliphatic carbocycles. The van der Waals surface area contributed by atoms with E-state index in [4.69, 9.17) is 5.73 Å². The SMILES string of the molecule is C[C@@H]1CCc2c(sc(NS(=O)(=O)c3ccc4c(c3)CCC(=O)N4)c2C(N)=O)C1. The van der Waals surface area contributed by atoms with Gasteiger partial charge in [-0.1, -0.05) is 6.92 Å². The Labute approximate surface area is 167 Å². The van der Waals surface area contributed by atoms with Crippen LogP contribution in [0.5, 0.6) is 0 Å². The second-order valence-electron chi connectivity index (χ2n) is 7.39. The summed E-state index contributed by atoms with van der Waals surface area (Å²) in [5, 5.41) is 3.03. The van der Waals surface area contributed by atoms with Crippen LogP contribution < -0.4 is 15.8 Å². The van der Waals surface area contributed by atoms with Gasteiger partial charge in [-0.05, 0) is 60.9 Å². The molecule has 0 fully saturated rings. The van der Waals surface area contributed by atoms with E-state index in [1.54, 1.807) is 12.1 Å². The van der Waals surface area contributed by atoms with Crippen LogP contribution >= 0.6 is 11.3 Å². The van der Waals surface area contributed by atoms with Gasteiger partial charge in [-0.25, -0.2) is 8.42 Å². The van der Waals surface area contributed by atoms with Gasteiger partial charge in [0, 0.05) is 17.0 Å². The molecule has 28 heavy (non-hydrogen) atoms. The molecule has 2 amide bonds. The maximum atomic E-state index is 13.0. The molecule has 1 aromatic heterocycles. The Balaban J connectivity index is 1.69. The van der Waals surface area contributed by atoms with Crippen molar-refractivity contribution in [2.24, 2.45) is 11.7 Å². The molecule has 1 atom stereocenters. The molecule has 0 saturated carbocycles. The van der Waals surface area contributed by atoms with E-state index >= 15 is 0 Å². The summed E-state index contributed by atoms with van der Waals surface area (Å²) in [5.74, 6) is -0.198. The topological polar surface area (TPSA) is 118 Å². The summed E-state index contributed by atoms with van der Waals surface area (Å²) in [5.41, 5.74) is 8.15. The third-order valence-electron chi connectivity index (χ3n) is 5.27. The maximum absolute atomic E-state index is 13.0. The third-order valence-corrected chi connectivity index (χ3v) is 7.91. The van der Waals surface area contributed by atoms with Gasteiger partial charge in [0.2, 0.25) is 5.91 Å². The number of amides is 2. The number of nitrogens with two attached hydrogens (primary N) is 1. The average molecular weight is 420 g/mol. The second-order valence-corrected chi connectivity index (χ2v) is 10.2. The molecular formula is C19H21N3O4S2. The van der Waals surface area contributed by atoms with Crippen LogP contribution in [0.25, 0.3) is 0 Å². The molecule has 2 aromatic rings. The zero-order valence-electron chi connectivity index (χ0n) is 15.4. The number of benzene rings is 1. The van der Waals surface area contributed by atoms with E-state index in [2.05, 4.69) is 17.0 Å². The summed E-state index contributed by atoms with van der Waals surface area (Å²) in [6.45, 7) is 2.14. The number of anilines is 2. The molecule has 9 heteroatoms. The monoisotopic (exact) mass is 419 g/mol. The van der Waals surface area contributed by atoms with Crippen molar-refractivity contribution in [3.8, 4) is 0 Å². The molecule has 0 bridgehead atoms. The number of rotatable bonds is 4. The van der Waals surface area contributed by atoms with Crippen molar-refractivity contribution in [1.82, 2.24) is 0 Å². The second kappa shape index (κ2) is 6.89. The fourth-order valence-electron chi connectivity index (χ4n) is 3.79. The van der Waals surface area contributed by atoms with E-state index < -0.39 is 15.9 Å². The minimum absolute atomic E-state index is 0.0780. The van der Waals surface area contributed by atoms with Gasteiger partial charge in [0.05, 0.1) is 10.5 Å². The molecular weight excluding hydrogens is 398 g/mol. The molecule has 0 radical (unpaired) electrons. The lowest BCUT2D eigenvalue weighted by Crippen LogP contribution is -2.21. The highest BCUT2D eigenvalue weighted by Crippen LogP contribution is 2.40. The van der Waals surface area contributed by atoms with Crippen molar-refractivity contribution in [2.45, 2.75) is 43.9 Å². The number of carbonyl (C=O) groups is 2. The summed E-state index contributed by atoms with van der Waals surface area (Å²) in [6.07, 6.45) is 3.31. The fourth-order valence-corrected chi connectivity index (χ4v) is 6.56. The molecule has 0 saturated heterocycles. The molecule has 4 rings (SSSR count). The Bertz CT molecular complexity index is 1090. The highest BCUT2D eigenvalue weighted by atomic mass is 32.2. The standard InChI is InChI=1S/C19H21N3O4S2/c1-10-2-5-13-15(8-10)27-19(17(13)18(20)24)22-28(25,26)12-4-6-14-11(9-12)3-7-16(23)21-14/h4,6,9-10,22H,2-3,5,7-8H2,1H3,(H2,20,24)(H,21,23)/t10-/m1/s1. The molecule has 4 N–H and O–H groups in total. The molecule has 1 aromatic carbocycles. The number of fused-ring (bicyclic) bond motifs is 2. The van der Waals surface area contributed by atoms with Crippen LogP contribution in [0.2, 0.25) is 0 Å². The zero-order valence-corrected chi connectivity index (χ0v) is 17.0. The maximum Gasteiger partial charge on any atom is 0.262 e. The lowest BCUT2D eigenvalue weighted by atomic mass is 9.88. The lowest BCUT2D eigenvalue weighted by Gasteiger charge is -2.18. The van der Waals surface area contributed by atoms with E-state index in [9.17, 15) is 18.0 Å². The fraction of sp³-hybridized carbons (Fsp3) is 0.368. The Hall–Kier alpha value is -2.39. The van der Waals surface area contributed by atoms with Crippen molar-refractivity contribution in [1.29, 1.82) is 0 Å². The first kappa shape index (κ1) is 18.9. The first-order valence-corrected chi connectivity index (χ1v) is 11.4. The minimum Gasteiger partial charge on any atom is -0.365 e. The zero-order chi connectivity index (χ0) is 20.1. The molecule has 148 valence electrons. The van der Waals surface area contributed by atoms with Crippen LogP contribution in [0.4, 0.5) is 10.7 Å². The third kappa shape index (κ3) is 3.40. The normalized spacial score (nSPS) is 18.8. The molecule has 0 spiro atoms. The first-order valence-electron chi connectivity index (χ1n) is 9.14. The molecule has 2 heterocycles. The summed E-state index contributed by atoms with van der Waals surface area (Å²) in [7, 11) is -3.89. The van der Waals surface area contributed by atoms with Crippen LogP contribution in [-0.4, -0.2) is 20.2 Å². The van der Waals surface area contributed by atoms with E-state index in [0.717, 1.165) is 35.3 Å². The summed E-state index contributed by atoms with van der Waals surface area (Å²) in [4.78, 5) is 24.6. The van der Waals surface area contributed by atoms with Gasteiger partial charge in [-0.15, -0.1) is 11.3 Å². The summed E-state index contributed by atoms with van der Waals surface area (Å²) >= 11 is 1.30. The van der Waals surface area contributed by atoms with E-state index in [1.165, 1.54) is 17.4 Å². The van der Waals surface area contributed by atoms with Crippen LogP contribution in [0.15, 0.2) is 23.1 Å². The number of primary amides is 1. The number of aryl methyl sites for hydroxylation is 1. The highest BCUT2D eigenvalue weighted by molar-refractivity contribution is 7.93. The van der Waals surface area contributed by atoms with Crippen molar-refractivity contribution < 1.29 is 18.0 Å². The lowest BCUT2D eigenvalue weighted by molar-refractivity contribution is -0.116. The number of carbonyl (C=O) groups excluding carboxylic acids is 2. The predicted octanol–water partition coefficient (Wildman–Crippen LogP) is 2.66. The van der Waals surface area contributed by atoms with Crippen LogP contribution in [0.1, 0.15) is 46.1 Å². The van der Waals surface area contributed by atoms with Gasteiger partial charge in [-0.3, -0.25) is 14.3 Å². The van der Waals surface area contributed by atoms with Gasteiger partial charge >= 0.3 is 0 Å². The van der Waals surface area contributed by atoms with Gasteiger partial charge < -0.3 is 11.1 Å². The van der Waals surface area contributed by atoms with E-state index in [1.807, 2.05) is 0 Å². The molecule has 1 aliphatic heterocycles. The van der Waals surface area contributed by atoms with Gasteiger partial charge in [0.25, 0.3) is 15.9 Å². The molecule has 2 aliphatic rings. The average Bonchev–Trinajstić information content (AvgIpc) is 2.97. The Morgan fingerprint density at radius 3 is 2.82 bits per heavy atom. The number of hydrogen-bond acceptors (Lipinski definition) is 5. The van der Waals surface area contributed by atoms with Crippen LogP contribution in [0, 0.1) is 5.92 Å². The number of sulfonamides is 1. The van der Waals surface area contributed by atoms with Crippen molar-refractivity contribution in [2.75, 3.05) is 10.0 Å². The highest BCUT2D eigenvalue weighted by Gasteiger charge is 2.29. The van der Waals surface area contributed by atoms with E-state index in [0.29, 0.717) is 30.0 Å². The van der Waals surface area contributed by atoms with E-state index in [-0.39, 0.29) is 15.8 Å². The van der Waals surface area contributed by atoms with Gasteiger partial charge in [-0.2, -0.15) is 0 Å². The quantitative estimate of drug-likeness (QED) is 0.706. The first-order chi connectivity index (χ1) is 13.2. The Kier molecular flexibility index (Phi) is 4.67. The minimum atomic E-state index is -3.89. The Morgan fingerprint density at radius 1 is 1.29 bits per heavy atom. The van der Waals surface area contributed by atoms with Crippen molar-refractivity contribution >= 4 is 43.9 Å². The molecule has 7 nitrogen and oxygen atoms in total. The van der Waals surface area contributed by atoms with Crippen LogP contribution in [-0.2, 0) is 34.1 Å². The largest absolute Gasteiger partial charge is 0.365 e. The number of hydrogen-bond donors (Lipinski definition) is 3. The summed E-state index contributed by atoms with van der Waals surface area (Å²) in [6, 6.07) is 4.61. The van der Waals surface area contributed by atoms with Crippen molar-refractivity contribution in [3.63, 3.8) is 0 Å². The number of nitrogens with one attached hydrogen (secondary N) is 2. The van der Waals surface area contributed by atoms with Crippen molar-refractivity contribution in [3.05, 3.63) is 39.8 Å². The van der Waals surface area contributed by atoms with Gasteiger partial charge in [0.1, 0.15) is 5.00 Å². The Morgan fingerprint density at radius 2 is 2.07 bits per heavy atom.